The topological polar surface area (TPSA) is 152 Å². The third kappa shape index (κ3) is 5.30. The molecule has 39 heavy (non-hydrogen) atoms. The Bertz CT molecular complexity index is 849. The van der Waals surface area contributed by atoms with E-state index in [4.69, 9.17) is 15.2 Å². The van der Waals surface area contributed by atoms with Crippen molar-refractivity contribution >= 4 is 0 Å². The largest absolute Gasteiger partial charge is 0.387 e. The third-order valence-corrected chi connectivity index (χ3v) is 11.1. The van der Waals surface area contributed by atoms with E-state index in [1.165, 1.54) is 44.9 Å². The van der Waals surface area contributed by atoms with Crippen LogP contribution in [0.1, 0.15) is 44.9 Å². The van der Waals surface area contributed by atoms with Gasteiger partial charge in [0.2, 0.25) is 0 Å². The van der Waals surface area contributed by atoms with Gasteiger partial charge in [-0.15, -0.1) is 0 Å². The van der Waals surface area contributed by atoms with Crippen LogP contribution in [0.4, 0.5) is 0 Å². The number of rotatable bonds is 8. The Morgan fingerprint density at radius 1 is 0.949 bits per heavy atom. The molecule has 7 aliphatic rings. The number of hydrogen-bond donors (Lipinski definition) is 8. The van der Waals surface area contributed by atoms with Gasteiger partial charge in [-0.2, -0.15) is 0 Å². The first-order valence-electron chi connectivity index (χ1n) is 15.5. The molecule has 0 amide bonds. The van der Waals surface area contributed by atoms with Crippen molar-refractivity contribution in [2.45, 2.75) is 112 Å². The molecule has 2 saturated carbocycles. The van der Waals surface area contributed by atoms with E-state index >= 15 is 0 Å². The molecule has 0 aromatic carbocycles. The molecule has 7 unspecified atom stereocenters. The number of nitrogens with zero attached hydrogens (tertiary/aromatic N) is 2. The van der Waals surface area contributed by atoms with Crippen LogP contribution in [0.3, 0.4) is 0 Å². The van der Waals surface area contributed by atoms with Crippen molar-refractivity contribution in [3.63, 3.8) is 0 Å². The number of nitrogens with one attached hydrogen (secondary N) is 5. The first kappa shape index (κ1) is 27.4. The van der Waals surface area contributed by atoms with Crippen molar-refractivity contribution < 1.29 is 19.7 Å². The van der Waals surface area contributed by atoms with Gasteiger partial charge in [-0.3, -0.25) is 26.6 Å². The summed E-state index contributed by atoms with van der Waals surface area (Å²) in [4.78, 5) is 4.38. The lowest BCUT2D eigenvalue weighted by Crippen LogP contribution is -2.68. The minimum Gasteiger partial charge on any atom is -0.387 e. The van der Waals surface area contributed by atoms with Gasteiger partial charge in [0.25, 0.3) is 0 Å². The number of hydrogen-bond acceptors (Lipinski definition) is 12. The number of fused-ring (bicyclic) bond motifs is 2. The van der Waals surface area contributed by atoms with Gasteiger partial charge in [-0.05, 0) is 63.8 Å². The van der Waals surface area contributed by atoms with Gasteiger partial charge >= 0.3 is 0 Å². The van der Waals surface area contributed by atoms with E-state index in [2.05, 4.69) is 43.4 Å². The second-order valence-corrected chi connectivity index (χ2v) is 13.5. The summed E-state index contributed by atoms with van der Waals surface area (Å²) in [6.45, 7) is 3.74. The first-order chi connectivity index (χ1) is 18.9. The summed E-state index contributed by atoms with van der Waals surface area (Å²) in [5, 5.41) is 39.5. The Morgan fingerprint density at radius 2 is 1.77 bits per heavy atom. The fourth-order valence-corrected chi connectivity index (χ4v) is 8.41. The van der Waals surface area contributed by atoms with E-state index < -0.39 is 24.5 Å². The molecular formula is C27H50N8O4. The van der Waals surface area contributed by atoms with Gasteiger partial charge in [0, 0.05) is 37.3 Å². The Morgan fingerprint density at radius 3 is 2.56 bits per heavy atom. The summed E-state index contributed by atoms with van der Waals surface area (Å²) in [6, 6.07) is 1.82. The van der Waals surface area contributed by atoms with Crippen molar-refractivity contribution in [2.24, 2.45) is 23.5 Å². The predicted molar refractivity (Wildman–Crippen MR) is 145 cm³/mol. The van der Waals surface area contributed by atoms with Crippen LogP contribution in [-0.4, -0.2) is 127 Å². The molecule has 5 heterocycles. The molecular weight excluding hydrogens is 500 g/mol. The summed E-state index contributed by atoms with van der Waals surface area (Å²) >= 11 is 0. The maximum Gasteiger partial charge on any atom is 0.142 e. The molecule has 0 aromatic heterocycles. The Labute approximate surface area is 232 Å². The maximum atomic E-state index is 10.9. The lowest BCUT2D eigenvalue weighted by atomic mass is 9.75. The van der Waals surface area contributed by atoms with Crippen LogP contribution in [0.25, 0.3) is 0 Å². The molecule has 5 aliphatic heterocycles. The summed E-state index contributed by atoms with van der Waals surface area (Å²) < 4.78 is 11.7. The zero-order chi connectivity index (χ0) is 26.7. The van der Waals surface area contributed by atoms with Crippen molar-refractivity contribution in [1.82, 2.24) is 36.4 Å². The highest BCUT2D eigenvalue weighted by atomic mass is 16.6. The van der Waals surface area contributed by atoms with E-state index in [1.54, 1.807) is 0 Å². The number of aliphatic hydroxyl groups excluding tert-OH is 2. The molecule has 222 valence electrons. The molecule has 0 radical (unpaired) electrons. The molecule has 12 nitrogen and oxygen atoms in total. The quantitative estimate of drug-likeness (QED) is 0.163. The number of ether oxygens (including phenoxy) is 2. The van der Waals surface area contributed by atoms with Crippen molar-refractivity contribution in [1.29, 1.82) is 0 Å². The number of aliphatic hydroxyl groups is 2. The molecule has 2 aliphatic carbocycles. The Hall–Kier alpha value is -0.480. The highest BCUT2D eigenvalue weighted by molar-refractivity contribution is 5.03. The summed E-state index contributed by atoms with van der Waals surface area (Å²) in [5.74, 6) is 2.41. The van der Waals surface area contributed by atoms with E-state index in [1.807, 2.05) is 0 Å². The second-order valence-electron chi connectivity index (χ2n) is 13.5. The molecule has 0 spiro atoms. The van der Waals surface area contributed by atoms with Crippen LogP contribution in [0.5, 0.6) is 0 Å². The van der Waals surface area contributed by atoms with E-state index in [9.17, 15) is 10.2 Å². The average molecular weight is 551 g/mol. The van der Waals surface area contributed by atoms with Gasteiger partial charge in [-0.1, -0.05) is 0 Å². The smallest absolute Gasteiger partial charge is 0.142 e. The molecule has 7 fully saturated rings. The van der Waals surface area contributed by atoms with Gasteiger partial charge in [-0.25, -0.2) is 4.90 Å². The summed E-state index contributed by atoms with van der Waals surface area (Å²) in [5.41, 5.74) is 6.20. The molecule has 7 rings (SSSR count). The lowest BCUT2D eigenvalue weighted by Gasteiger charge is -2.42. The van der Waals surface area contributed by atoms with Crippen LogP contribution in [0.2, 0.25) is 0 Å². The summed E-state index contributed by atoms with van der Waals surface area (Å²) in [7, 11) is 2.13. The van der Waals surface area contributed by atoms with Gasteiger partial charge in [0.15, 0.2) is 0 Å². The van der Waals surface area contributed by atoms with Crippen LogP contribution >= 0.6 is 0 Å². The van der Waals surface area contributed by atoms with E-state index in [0.29, 0.717) is 44.2 Å². The van der Waals surface area contributed by atoms with Crippen LogP contribution < -0.4 is 32.3 Å². The third-order valence-electron chi connectivity index (χ3n) is 11.1. The molecule has 5 saturated heterocycles. The van der Waals surface area contributed by atoms with Crippen LogP contribution in [0, 0.1) is 17.8 Å². The highest BCUT2D eigenvalue weighted by Gasteiger charge is 2.52. The fraction of sp³-hybridized carbons (Fsp3) is 1.00. The number of nitrogens with two attached hydrogens (primary N) is 1. The summed E-state index contributed by atoms with van der Waals surface area (Å²) in [6.07, 6.45) is 6.25. The normalized spacial score (nSPS) is 50.5. The second kappa shape index (κ2) is 11.3. The molecule has 0 aromatic rings. The zero-order valence-corrected chi connectivity index (χ0v) is 23.3. The van der Waals surface area contributed by atoms with Crippen LogP contribution in [0.15, 0.2) is 0 Å². The molecule has 0 bridgehead atoms. The minimum atomic E-state index is -0.946. The highest BCUT2D eigenvalue weighted by Crippen LogP contribution is 2.38. The van der Waals surface area contributed by atoms with Gasteiger partial charge in [0.1, 0.15) is 24.5 Å². The zero-order valence-electron chi connectivity index (χ0n) is 23.3. The predicted octanol–water partition coefficient (Wildman–Crippen LogP) is -2.38. The Kier molecular flexibility index (Phi) is 7.93. The monoisotopic (exact) mass is 550 g/mol. The first-order valence-corrected chi connectivity index (χ1v) is 15.5. The van der Waals surface area contributed by atoms with Crippen molar-refractivity contribution in [3.8, 4) is 0 Å². The van der Waals surface area contributed by atoms with Crippen LogP contribution in [-0.2, 0) is 9.47 Å². The van der Waals surface area contributed by atoms with Gasteiger partial charge in [0.05, 0.1) is 44.4 Å². The minimum absolute atomic E-state index is 0.0263. The number of likely N-dealkylation sites (N-methyl/N-ethyl adjacent to an activating group) is 1. The maximum absolute atomic E-state index is 10.9. The molecule has 11 atom stereocenters. The lowest BCUT2D eigenvalue weighted by molar-refractivity contribution is -0.108. The van der Waals surface area contributed by atoms with E-state index in [-0.39, 0.29) is 18.4 Å². The van der Waals surface area contributed by atoms with Gasteiger partial charge < -0.3 is 30.3 Å². The van der Waals surface area contributed by atoms with Crippen molar-refractivity contribution in [3.05, 3.63) is 0 Å². The Balaban J connectivity index is 0.832. The molecule has 9 N–H and O–H groups in total. The SMILES string of the molecule is CN(C[C@H]1O[C@@H](N2CNC3C(N)NCNC32)[C@H](O)[C@@H]1O)C1CC(CCC2NC3CCC(C4COC4)CC3N2)C1. The average Bonchev–Trinajstić information content (AvgIpc) is 3.54. The molecule has 12 heteroatoms. The fourth-order valence-electron chi connectivity index (χ4n) is 8.41. The van der Waals surface area contributed by atoms with E-state index in [0.717, 1.165) is 31.0 Å². The van der Waals surface area contributed by atoms with Crippen molar-refractivity contribution in [2.75, 3.05) is 40.1 Å². The standard InChI is InChI=1S/C27H50N8O4/c1-34(9-20-23(36)24(37)27(39-20)35-13-31-22-25(28)29-12-30-26(22)35)17-6-14(7-17)2-5-21-32-18-4-3-15(8-19(18)33-21)16-10-38-11-16/h14-27,29-33,36-37H,2-13,28H2,1H3/t14?,15?,17?,18?,19?,20-,21?,22?,23-,24-,25?,26?,27-/m1/s1.